The maximum atomic E-state index is 12.0. The van der Waals surface area contributed by atoms with E-state index in [0.29, 0.717) is 9.79 Å². The number of carbonyl (C=O) groups is 1. The minimum absolute atomic E-state index is 0.0931. The molecule has 0 fully saturated rings. The van der Waals surface area contributed by atoms with Gasteiger partial charge in [-0.05, 0) is 45.1 Å². The molecule has 0 saturated carbocycles. The Morgan fingerprint density at radius 1 is 1.47 bits per heavy atom. The minimum atomic E-state index is -0.269. The van der Waals surface area contributed by atoms with Crippen LogP contribution in [0.2, 0.25) is 5.02 Å². The molecular weight excluding hydrogens is 282 g/mol. The third kappa shape index (κ3) is 3.16. The van der Waals surface area contributed by atoms with Gasteiger partial charge in [0.2, 0.25) is 5.91 Å². The molecule has 0 bridgehead atoms. The van der Waals surface area contributed by atoms with Crippen molar-refractivity contribution in [1.82, 2.24) is 14.9 Å². The summed E-state index contributed by atoms with van der Waals surface area (Å²) in [5, 5.41) is 3.48. The zero-order valence-corrected chi connectivity index (χ0v) is 12.7. The SMILES string of the molecule is CC(C)(C)NC(=O)Cn1c(=S)[nH]c2cccc(Cl)c21. The van der Waals surface area contributed by atoms with Gasteiger partial charge in [-0.15, -0.1) is 0 Å². The number of aromatic nitrogens is 2. The first-order valence-corrected chi connectivity index (χ1v) is 6.74. The van der Waals surface area contributed by atoms with E-state index in [9.17, 15) is 4.79 Å². The summed E-state index contributed by atoms with van der Waals surface area (Å²) in [6, 6.07) is 5.51. The van der Waals surface area contributed by atoms with Gasteiger partial charge in [0.1, 0.15) is 6.54 Å². The van der Waals surface area contributed by atoms with Crippen LogP contribution in [-0.2, 0) is 11.3 Å². The topological polar surface area (TPSA) is 49.8 Å². The van der Waals surface area contributed by atoms with Gasteiger partial charge in [0.05, 0.1) is 16.1 Å². The molecule has 0 unspecified atom stereocenters. The van der Waals surface area contributed by atoms with E-state index in [1.54, 1.807) is 10.6 Å². The molecule has 0 saturated heterocycles. The fourth-order valence-corrected chi connectivity index (χ4v) is 2.47. The van der Waals surface area contributed by atoms with Crippen molar-refractivity contribution in [3.63, 3.8) is 0 Å². The molecule has 0 aliphatic rings. The number of para-hydroxylation sites is 1. The maximum Gasteiger partial charge on any atom is 0.240 e. The minimum Gasteiger partial charge on any atom is -0.350 e. The molecule has 0 atom stereocenters. The highest BCUT2D eigenvalue weighted by Gasteiger charge is 2.16. The van der Waals surface area contributed by atoms with Crippen LogP contribution in [0, 0.1) is 4.77 Å². The summed E-state index contributed by atoms with van der Waals surface area (Å²) < 4.78 is 2.21. The van der Waals surface area contributed by atoms with Crippen molar-refractivity contribution in [1.29, 1.82) is 0 Å². The number of halogens is 1. The van der Waals surface area contributed by atoms with Gasteiger partial charge in [-0.25, -0.2) is 0 Å². The number of nitrogens with zero attached hydrogens (tertiary/aromatic N) is 1. The lowest BCUT2D eigenvalue weighted by Crippen LogP contribution is -2.42. The van der Waals surface area contributed by atoms with Gasteiger partial charge < -0.3 is 14.9 Å². The maximum absolute atomic E-state index is 12.0. The highest BCUT2D eigenvalue weighted by molar-refractivity contribution is 7.71. The smallest absolute Gasteiger partial charge is 0.240 e. The summed E-state index contributed by atoms with van der Waals surface area (Å²) in [6.07, 6.45) is 0. The molecule has 0 aliphatic heterocycles. The number of carbonyl (C=O) groups excluding carboxylic acids is 1. The normalized spacial score (nSPS) is 11.8. The van der Waals surface area contributed by atoms with Crippen LogP contribution in [-0.4, -0.2) is 21.0 Å². The third-order valence-corrected chi connectivity index (χ3v) is 3.19. The second-order valence-electron chi connectivity index (χ2n) is 5.45. The van der Waals surface area contributed by atoms with Crippen LogP contribution in [0.3, 0.4) is 0 Å². The molecule has 1 aromatic heterocycles. The second-order valence-corrected chi connectivity index (χ2v) is 6.24. The molecule has 1 amide bonds. The number of hydrogen-bond acceptors (Lipinski definition) is 2. The molecule has 0 radical (unpaired) electrons. The van der Waals surface area contributed by atoms with E-state index in [1.807, 2.05) is 32.9 Å². The van der Waals surface area contributed by atoms with Crippen molar-refractivity contribution in [2.75, 3.05) is 0 Å². The fourth-order valence-electron chi connectivity index (χ4n) is 1.93. The Morgan fingerprint density at radius 2 is 2.16 bits per heavy atom. The number of H-pyrrole nitrogens is 1. The number of amides is 1. The molecule has 2 rings (SSSR count). The van der Waals surface area contributed by atoms with Gasteiger partial charge in [-0.2, -0.15) is 0 Å². The van der Waals surface area contributed by atoms with Crippen molar-refractivity contribution in [3.8, 4) is 0 Å². The van der Waals surface area contributed by atoms with Crippen molar-refractivity contribution >= 4 is 40.8 Å². The van der Waals surface area contributed by atoms with Crippen molar-refractivity contribution < 1.29 is 4.79 Å². The van der Waals surface area contributed by atoms with Crippen molar-refractivity contribution in [2.24, 2.45) is 0 Å². The summed E-state index contributed by atoms with van der Waals surface area (Å²) in [5.74, 6) is -0.0931. The highest BCUT2D eigenvalue weighted by atomic mass is 35.5. The van der Waals surface area contributed by atoms with Crippen LogP contribution in [0.5, 0.6) is 0 Å². The monoisotopic (exact) mass is 297 g/mol. The molecule has 0 spiro atoms. The molecule has 0 aliphatic carbocycles. The molecule has 4 nitrogen and oxygen atoms in total. The zero-order chi connectivity index (χ0) is 14.2. The quantitative estimate of drug-likeness (QED) is 0.836. The van der Waals surface area contributed by atoms with Gasteiger partial charge in [-0.3, -0.25) is 4.79 Å². The van der Waals surface area contributed by atoms with Crippen LogP contribution >= 0.6 is 23.8 Å². The zero-order valence-electron chi connectivity index (χ0n) is 11.1. The lowest BCUT2D eigenvalue weighted by atomic mass is 10.1. The van der Waals surface area contributed by atoms with Crippen LogP contribution in [0.1, 0.15) is 20.8 Å². The average molecular weight is 298 g/mol. The molecule has 19 heavy (non-hydrogen) atoms. The van der Waals surface area contributed by atoms with Crippen LogP contribution in [0.15, 0.2) is 18.2 Å². The third-order valence-electron chi connectivity index (χ3n) is 2.56. The van der Waals surface area contributed by atoms with E-state index in [4.69, 9.17) is 23.8 Å². The van der Waals surface area contributed by atoms with E-state index >= 15 is 0 Å². The largest absolute Gasteiger partial charge is 0.350 e. The predicted molar refractivity (Wildman–Crippen MR) is 80.0 cm³/mol. The lowest BCUT2D eigenvalue weighted by molar-refractivity contribution is -0.123. The van der Waals surface area contributed by atoms with E-state index < -0.39 is 0 Å². The summed E-state index contributed by atoms with van der Waals surface area (Å²) >= 11 is 11.4. The highest BCUT2D eigenvalue weighted by Crippen LogP contribution is 2.23. The molecule has 1 aromatic carbocycles. The number of hydrogen-bond donors (Lipinski definition) is 2. The van der Waals surface area contributed by atoms with Gasteiger partial charge in [0.15, 0.2) is 4.77 Å². The van der Waals surface area contributed by atoms with E-state index in [0.717, 1.165) is 11.0 Å². The van der Waals surface area contributed by atoms with Gasteiger partial charge in [-0.1, -0.05) is 17.7 Å². The molecule has 1 heterocycles. The average Bonchev–Trinajstić information content (AvgIpc) is 2.54. The Balaban J connectivity index is 2.38. The Kier molecular flexibility index (Phi) is 3.69. The van der Waals surface area contributed by atoms with E-state index in [2.05, 4.69) is 10.3 Å². The number of imidazole rings is 1. The Bertz CT molecular complexity index is 681. The Morgan fingerprint density at radius 3 is 2.79 bits per heavy atom. The number of rotatable bonds is 2. The molecular formula is C13H16ClN3OS. The number of benzene rings is 1. The van der Waals surface area contributed by atoms with Gasteiger partial charge in [0.25, 0.3) is 0 Å². The van der Waals surface area contributed by atoms with E-state index in [-0.39, 0.29) is 18.0 Å². The van der Waals surface area contributed by atoms with Crippen LogP contribution in [0.4, 0.5) is 0 Å². The first kappa shape index (κ1) is 14.1. The first-order valence-electron chi connectivity index (χ1n) is 5.96. The molecule has 102 valence electrons. The number of aromatic amines is 1. The number of nitrogens with one attached hydrogen (secondary N) is 2. The number of fused-ring (bicyclic) bond motifs is 1. The summed E-state index contributed by atoms with van der Waals surface area (Å²) in [7, 11) is 0. The first-order chi connectivity index (χ1) is 8.78. The fraction of sp³-hybridized carbons (Fsp3) is 0.385. The van der Waals surface area contributed by atoms with Crippen molar-refractivity contribution in [2.45, 2.75) is 32.9 Å². The second kappa shape index (κ2) is 4.98. The van der Waals surface area contributed by atoms with Crippen LogP contribution < -0.4 is 5.32 Å². The molecule has 6 heteroatoms. The lowest BCUT2D eigenvalue weighted by Gasteiger charge is -2.20. The standard InChI is InChI=1S/C13H16ClN3OS/c1-13(2,3)16-10(18)7-17-11-8(14)5-4-6-9(11)15-12(17)19/h4-6H,7H2,1-3H3,(H,15,19)(H,16,18). The van der Waals surface area contributed by atoms with E-state index in [1.165, 1.54) is 0 Å². The van der Waals surface area contributed by atoms with Gasteiger partial charge >= 0.3 is 0 Å². The predicted octanol–water partition coefficient (Wildman–Crippen LogP) is 3.27. The van der Waals surface area contributed by atoms with Gasteiger partial charge in [0, 0.05) is 5.54 Å². The summed E-state index contributed by atoms with van der Waals surface area (Å²) in [6.45, 7) is 5.96. The van der Waals surface area contributed by atoms with Crippen molar-refractivity contribution in [3.05, 3.63) is 28.0 Å². The van der Waals surface area contributed by atoms with Crippen LogP contribution in [0.25, 0.3) is 11.0 Å². The Labute approximate surface area is 121 Å². The molecule has 2 aromatic rings. The summed E-state index contributed by atoms with van der Waals surface area (Å²) in [4.78, 5) is 15.0. The Hall–Kier alpha value is -1.33. The summed E-state index contributed by atoms with van der Waals surface area (Å²) in [5.41, 5.74) is 1.33. The molecule has 2 N–H and O–H groups in total.